The Kier molecular flexibility index (Phi) is 6.84. The molecule has 0 bridgehead atoms. The molecular formula is C31H28F3NO4. The second kappa shape index (κ2) is 10.0. The van der Waals surface area contributed by atoms with E-state index >= 15 is 0 Å². The molecule has 5 rings (SSSR count). The van der Waals surface area contributed by atoms with Gasteiger partial charge in [-0.2, -0.15) is 13.2 Å². The highest BCUT2D eigenvalue weighted by atomic mass is 19.4. The van der Waals surface area contributed by atoms with Gasteiger partial charge in [0, 0.05) is 22.1 Å². The molecule has 1 aromatic heterocycles. The van der Waals surface area contributed by atoms with E-state index in [2.05, 4.69) is 0 Å². The summed E-state index contributed by atoms with van der Waals surface area (Å²) in [6.45, 7) is 5.98. The van der Waals surface area contributed by atoms with Crippen molar-refractivity contribution in [3.05, 3.63) is 83.4 Å². The molecule has 39 heavy (non-hydrogen) atoms. The number of nitrogens with zero attached hydrogens (tertiary/aromatic N) is 1. The van der Waals surface area contributed by atoms with Gasteiger partial charge >= 0.3 is 12.1 Å². The number of carbonyl (C=O) groups is 1. The molecule has 0 fully saturated rings. The van der Waals surface area contributed by atoms with Crippen LogP contribution < -0.4 is 4.74 Å². The van der Waals surface area contributed by atoms with Crippen LogP contribution in [0.5, 0.6) is 5.75 Å². The van der Waals surface area contributed by atoms with E-state index < -0.39 is 29.4 Å². The van der Waals surface area contributed by atoms with Crippen molar-refractivity contribution >= 4 is 16.7 Å². The maximum atomic E-state index is 13.3. The summed E-state index contributed by atoms with van der Waals surface area (Å²) in [6, 6.07) is 17.6. The molecule has 5 nitrogen and oxygen atoms in total. The second-order valence-electron chi connectivity index (χ2n) is 10.6. The summed E-state index contributed by atoms with van der Waals surface area (Å²) in [4.78, 5) is 17.6. The van der Waals surface area contributed by atoms with Crippen LogP contribution in [0.15, 0.2) is 66.7 Å². The maximum absolute atomic E-state index is 13.3. The summed E-state index contributed by atoms with van der Waals surface area (Å²) in [7, 11) is 0. The largest absolute Gasteiger partial charge is 0.493 e. The standard InChI is InChI=1S/C31H28F3NO4/c1-30(2,3)39-28(29(36)37)25-22-8-4-5-9-23(22)26(18-10-13-21(14-11-18)31(32,33)34)35-27(25)20-12-15-24-19(17-20)7-6-16-38-24/h4-5,8-15,17,28H,6-7,16H2,1-3H3,(H,36,37). The number of rotatable bonds is 5. The van der Waals surface area contributed by atoms with Gasteiger partial charge in [-0.05, 0) is 74.9 Å². The van der Waals surface area contributed by atoms with Gasteiger partial charge in [0.25, 0.3) is 0 Å². The quantitative estimate of drug-likeness (QED) is 0.282. The summed E-state index contributed by atoms with van der Waals surface area (Å²) >= 11 is 0. The Bertz CT molecular complexity index is 1540. The zero-order valence-corrected chi connectivity index (χ0v) is 21.8. The highest BCUT2D eigenvalue weighted by Crippen LogP contribution is 2.42. The number of alkyl halides is 3. The number of hydrogen-bond acceptors (Lipinski definition) is 4. The number of carboxylic acids is 1. The lowest BCUT2D eigenvalue weighted by Gasteiger charge is -2.28. The van der Waals surface area contributed by atoms with Crippen LogP contribution in [0.4, 0.5) is 13.2 Å². The first-order valence-corrected chi connectivity index (χ1v) is 12.7. The number of ether oxygens (including phenoxy) is 2. The zero-order chi connectivity index (χ0) is 27.9. The van der Waals surface area contributed by atoms with Crippen LogP contribution in [0.1, 0.15) is 50.0 Å². The number of aryl methyl sites for hydroxylation is 1. The van der Waals surface area contributed by atoms with Crippen LogP contribution in [0, 0.1) is 0 Å². The Hall–Kier alpha value is -3.91. The number of pyridine rings is 1. The lowest BCUT2D eigenvalue weighted by Crippen LogP contribution is -2.28. The third-order valence-corrected chi connectivity index (χ3v) is 6.58. The smallest absolute Gasteiger partial charge is 0.416 e. The summed E-state index contributed by atoms with van der Waals surface area (Å²) in [5.41, 5.74) is 1.85. The predicted octanol–water partition coefficient (Wildman–Crippen LogP) is 7.85. The van der Waals surface area contributed by atoms with Crippen LogP contribution in [-0.4, -0.2) is 28.3 Å². The van der Waals surface area contributed by atoms with Crippen molar-refractivity contribution in [3.8, 4) is 28.3 Å². The first kappa shape index (κ1) is 26.7. The molecule has 202 valence electrons. The minimum Gasteiger partial charge on any atom is -0.493 e. The Balaban J connectivity index is 1.81. The Morgan fingerprint density at radius 2 is 1.62 bits per heavy atom. The van der Waals surface area contributed by atoms with Crippen molar-refractivity contribution in [1.29, 1.82) is 0 Å². The summed E-state index contributed by atoms with van der Waals surface area (Å²) in [6.07, 6.45) is -4.14. The topological polar surface area (TPSA) is 68.7 Å². The normalized spacial score (nSPS) is 14.5. The monoisotopic (exact) mass is 535 g/mol. The first-order chi connectivity index (χ1) is 18.4. The molecule has 0 saturated heterocycles. The van der Waals surface area contributed by atoms with Gasteiger partial charge in [-0.25, -0.2) is 9.78 Å². The van der Waals surface area contributed by atoms with Gasteiger partial charge in [0.05, 0.1) is 29.2 Å². The minimum absolute atomic E-state index is 0.389. The molecule has 1 atom stereocenters. The van der Waals surface area contributed by atoms with Crippen molar-refractivity contribution in [2.75, 3.05) is 6.61 Å². The van der Waals surface area contributed by atoms with E-state index in [1.807, 2.05) is 18.2 Å². The average molecular weight is 536 g/mol. The van der Waals surface area contributed by atoms with Crippen LogP contribution in [0.2, 0.25) is 0 Å². The molecule has 0 spiro atoms. The lowest BCUT2D eigenvalue weighted by atomic mass is 9.91. The first-order valence-electron chi connectivity index (χ1n) is 12.7. The van der Waals surface area contributed by atoms with Crippen molar-refractivity contribution in [2.24, 2.45) is 0 Å². The molecule has 0 amide bonds. The van der Waals surface area contributed by atoms with E-state index in [-0.39, 0.29) is 0 Å². The van der Waals surface area contributed by atoms with E-state index in [0.29, 0.717) is 45.5 Å². The molecule has 1 N–H and O–H groups in total. The van der Waals surface area contributed by atoms with Crippen LogP contribution >= 0.6 is 0 Å². The van der Waals surface area contributed by atoms with Crippen molar-refractivity contribution in [3.63, 3.8) is 0 Å². The fraction of sp³-hybridized carbons (Fsp3) is 0.290. The number of halogens is 3. The molecule has 3 aromatic carbocycles. The molecule has 2 heterocycles. The van der Waals surface area contributed by atoms with Crippen LogP contribution in [0.3, 0.4) is 0 Å². The van der Waals surface area contributed by atoms with Gasteiger partial charge in [0.1, 0.15) is 5.75 Å². The van der Waals surface area contributed by atoms with Gasteiger partial charge in [-0.1, -0.05) is 36.4 Å². The van der Waals surface area contributed by atoms with E-state index in [1.54, 1.807) is 45.0 Å². The summed E-state index contributed by atoms with van der Waals surface area (Å²) in [5.74, 6) is -0.391. The van der Waals surface area contributed by atoms with Crippen molar-refractivity contribution in [1.82, 2.24) is 4.98 Å². The molecular weight excluding hydrogens is 507 g/mol. The summed E-state index contributed by atoms with van der Waals surface area (Å²) < 4.78 is 51.6. The average Bonchev–Trinajstić information content (AvgIpc) is 2.89. The molecule has 4 aromatic rings. The number of benzene rings is 3. The Morgan fingerprint density at radius 1 is 0.949 bits per heavy atom. The molecule has 1 unspecified atom stereocenters. The van der Waals surface area contributed by atoms with E-state index in [0.717, 1.165) is 36.3 Å². The SMILES string of the molecule is CC(C)(C)OC(C(=O)O)c1c(-c2ccc3c(c2)CCCO3)nc(-c2ccc(C(F)(F)F)cc2)c2ccccc12. The number of hydrogen-bond donors (Lipinski definition) is 1. The van der Waals surface area contributed by atoms with Gasteiger partial charge < -0.3 is 14.6 Å². The zero-order valence-electron chi connectivity index (χ0n) is 21.8. The van der Waals surface area contributed by atoms with Gasteiger partial charge in [-0.15, -0.1) is 0 Å². The molecule has 0 saturated carbocycles. The van der Waals surface area contributed by atoms with Crippen molar-refractivity contribution < 1.29 is 32.5 Å². The summed E-state index contributed by atoms with van der Waals surface area (Å²) in [5, 5.41) is 11.5. The van der Waals surface area contributed by atoms with E-state index in [9.17, 15) is 23.1 Å². The molecule has 0 radical (unpaired) electrons. The maximum Gasteiger partial charge on any atom is 0.416 e. The lowest BCUT2D eigenvalue weighted by molar-refractivity contribution is -0.160. The highest BCUT2D eigenvalue weighted by Gasteiger charge is 2.33. The highest BCUT2D eigenvalue weighted by molar-refractivity contribution is 6.02. The van der Waals surface area contributed by atoms with Gasteiger partial charge in [-0.3, -0.25) is 0 Å². The predicted molar refractivity (Wildman–Crippen MR) is 143 cm³/mol. The van der Waals surface area contributed by atoms with Crippen molar-refractivity contribution in [2.45, 2.75) is 51.5 Å². The fourth-order valence-corrected chi connectivity index (χ4v) is 4.90. The van der Waals surface area contributed by atoms with E-state index in [4.69, 9.17) is 14.5 Å². The number of aliphatic carboxylic acids is 1. The minimum atomic E-state index is -4.47. The molecule has 0 aliphatic carbocycles. The number of fused-ring (bicyclic) bond motifs is 2. The third kappa shape index (κ3) is 5.47. The third-order valence-electron chi connectivity index (χ3n) is 6.58. The van der Waals surface area contributed by atoms with Crippen LogP contribution in [0.25, 0.3) is 33.3 Å². The Morgan fingerprint density at radius 3 is 2.26 bits per heavy atom. The number of carboxylic acid groups (broad SMARTS) is 1. The van der Waals surface area contributed by atoms with Crippen LogP contribution in [-0.2, 0) is 22.1 Å². The fourth-order valence-electron chi connectivity index (χ4n) is 4.90. The molecule has 1 aliphatic heterocycles. The molecule has 8 heteroatoms. The Labute approximate surface area is 224 Å². The molecule has 1 aliphatic rings. The van der Waals surface area contributed by atoms with E-state index in [1.165, 1.54) is 12.1 Å². The number of aromatic nitrogens is 1. The van der Waals surface area contributed by atoms with Gasteiger partial charge in [0.15, 0.2) is 6.10 Å². The van der Waals surface area contributed by atoms with Gasteiger partial charge in [0.2, 0.25) is 0 Å². The second-order valence-corrected chi connectivity index (χ2v) is 10.6.